The van der Waals surface area contributed by atoms with Gasteiger partial charge in [-0.25, -0.2) is 9.28 Å². The Kier molecular flexibility index (Phi) is 9.49. The first-order valence-corrected chi connectivity index (χ1v) is 15.3. The average molecular weight is 590 g/mol. The minimum Gasteiger partial charge on any atom is -0.450 e. The summed E-state index contributed by atoms with van der Waals surface area (Å²) in [7, 11) is 2.17. The smallest absolute Gasteiger partial charge is 0.410 e. The van der Waals surface area contributed by atoms with E-state index >= 15 is 0 Å². The van der Waals surface area contributed by atoms with Gasteiger partial charge in [0.15, 0.2) is 0 Å². The molecule has 2 amide bonds. The molecule has 1 saturated heterocycles. The summed E-state index contributed by atoms with van der Waals surface area (Å²) in [6.45, 7) is 13.6. The molecule has 1 fully saturated rings. The molecule has 0 saturated carbocycles. The van der Waals surface area contributed by atoms with Crippen LogP contribution in [0.2, 0.25) is 0 Å². The first-order chi connectivity index (χ1) is 20.6. The van der Waals surface area contributed by atoms with Crippen LogP contribution in [0.4, 0.5) is 10.5 Å². The van der Waals surface area contributed by atoms with Crippen LogP contribution in [-0.2, 0) is 9.47 Å². The maximum Gasteiger partial charge on any atom is 0.410 e. The Labute approximate surface area is 255 Å². The van der Waals surface area contributed by atoms with Crippen LogP contribution in [0, 0.1) is 0 Å². The van der Waals surface area contributed by atoms with Gasteiger partial charge < -0.3 is 25.0 Å². The van der Waals surface area contributed by atoms with E-state index in [2.05, 4.69) is 67.8 Å². The predicted molar refractivity (Wildman–Crippen MR) is 169 cm³/mol. The van der Waals surface area contributed by atoms with E-state index < -0.39 is 0 Å². The van der Waals surface area contributed by atoms with Crippen LogP contribution in [0.5, 0.6) is 0 Å². The molecular weight excluding hydrogens is 544 g/mol. The summed E-state index contributed by atoms with van der Waals surface area (Å²) >= 11 is 0. The van der Waals surface area contributed by atoms with Gasteiger partial charge in [0.05, 0.1) is 31.4 Å². The van der Waals surface area contributed by atoms with E-state index in [1.54, 1.807) is 4.90 Å². The summed E-state index contributed by atoms with van der Waals surface area (Å²) in [6, 6.07) is 7.54. The van der Waals surface area contributed by atoms with E-state index in [1.807, 2.05) is 31.2 Å². The second-order valence-electron chi connectivity index (χ2n) is 12.0. The number of morpholine rings is 1. The van der Waals surface area contributed by atoms with Crippen molar-refractivity contribution in [2.24, 2.45) is 4.99 Å². The first-order valence-electron chi connectivity index (χ1n) is 15.3. The lowest BCUT2D eigenvalue weighted by Gasteiger charge is -2.38. The van der Waals surface area contributed by atoms with E-state index in [0.717, 1.165) is 61.1 Å². The Morgan fingerprint density at radius 2 is 1.91 bits per heavy atom. The van der Waals surface area contributed by atoms with Crippen LogP contribution < -0.4 is 10.6 Å². The van der Waals surface area contributed by atoms with Crippen LogP contribution in [0.1, 0.15) is 44.5 Å². The van der Waals surface area contributed by atoms with Gasteiger partial charge in [-0.1, -0.05) is 6.08 Å². The number of aliphatic imine (C=N–C) groups is 1. The van der Waals surface area contributed by atoms with Crippen LogP contribution >= 0.6 is 0 Å². The Bertz CT molecular complexity index is 1370. The molecule has 10 nitrogen and oxygen atoms in total. The number of fused-ring (bicyclic) bond motifs is 1. The lowest BCUT2D eigenvalue weighted by Crippen LogP contribution is -2.50. The van der Waals surface area contributed by atoms with Gasteiger partial charge >= 0.3 is 6.09 Å². The molecule has 4 heterocycles. The molecule has 0 aromatic heterocycles. The number of benzene rings is 1. The summed E-state index contributed by atoms with van der Waals surface area (Å²) in [6.07, 6.45) is 9.42. The molecular formula is C33H45N6O4+. The number of carbonyl (C=O) groups excluding carboxylic acids is 2. The van der Waals surface area contributed by atoms with E-state index in [-0.39, 0.29) is 24.2 Å². The number of amides is 2. The van der Waals surface area contributed by atoms with E-state index in [9.17, 15) is 9.59 Å². The van der Waals surface area contributed by atoms with Crippen molar-refractivity contribution in [2.45, 2.75) is 46.3 Å². The number of rotatable bonds is 8. The van der Waals surface area contributed by atoms with E-state index in [4.69, 9.17) is 14.5 Å². The van der Waals surface area contributed by atoms with Gasteiger partial charge in [0.25, 0.3) is 5.91 Å². The number of carbonyl (C=O) groups is 2. The highest BCUT2D eigenvalue weighted by atomic mass is 16.6. The quantitative estimate of drug-likeness (QED) is 0.440. The van der Waals surface area contributed by atoms with Crippen molar-refractivity contribution < 1.29 is 23.5 Å². The first kappa shape index (κ1) is 30.7. The number of quaternary nitrogens is 1. The lowest BCUT2D eigenvalue weighted by atomic mass is 9.94. The zero-order chi connectivity index (χ0) is 30.6. The molecule has 4 aliphatic rings. The van der Waals surface area contributed by atoms with Gasteiger partial charge in [0.1, 0.15) is 18.6 Å². The number of hydrogen-bond donors (Lipinski definition) is 2. The largest absolute Gasteiger partial charge is 0.450 e. The molecule has 2 N–H and O–H groups in total. The summed E-state index contributed by atoms with van der Waals surface area (Å²) in [5, 5.41) is 6.54. The maximum absolute atomic E-state index is 12.8. The van der Waals surface area contributed by atoms with Crippen LogP contribution in [0.15, 0.2) is 76.2 Å². The van der Waals surface area contributed by atoms with Gasteiger partial charge in [-0.05, 0) is 76.1 Å². The Morgan fingerprint density at radius 1 is 1.16 bits per heavy atom. The Morgan fingerprint density at radius 3 is 2.58 bits per heavy atom. The summed E-state index contributed by atoms with van der Waals surface area (Å²) in [4.78, 5) is 34.2. The predicted octanol–water partition coefficient (Wildman–Crippen LogP) is 4.27. The highest BCUT2D eigenvalue weighted by Gasteiger charge is 2.38. The van der Waals surface area contributed by atoms with Crippen molar-refractivity contribution in [1.29, 1.82) is 0 Å². The molecule has 43 heavy (non-hydrogen) atoms. The fourth-order valence-corrected chi connectivity index (χ4v) is 6.24. The molecule has 230 valence electrons. The van der Waals surface area contributed by atoms with Crippen LogP contribution in [-0.4, -0.2) is 104 Å². The zero-order valence-corrected chi connectivity index (χ0v) is 26.1. The third-order valence-corrected chi connectivity index (χ3v) is 8.29. The average Bonchev–Trinajstić information content (AvgIpc) is 2.97. The number of nitrogens with one attached hydrogen (secondary N) is 2. The summed E-state index contributed by atoms with van der Waals surface area (Å²) in [5.74, 6) is 1.72. The molecule has 0 aliphatic carbocycles. The highest BCUT2D eigenvalue weighted by Crippen LogP contribution is 2.33. The molecule has 10 heteroatoms. The molecule has 1 aromatic carbocycles. The third-order valence-electron chi connectivity index (χ3n) is 8.29. The zero-order valence-electron chi connectivity index (χ0n) is 26.1. The van der Waals surface area contributed by atoms with E-state index in [1.165, 1.54) is 5.57 Å². The van der Waals surface area contributed by atoms with Gasteiger partial charge in [-0.2, -0.15) is 4.99 Å². The minimum absolute atomic E-state index is 0.0756. The number of likely N-dealkylation sites (N-methyl/N-ethyl adjacent to an activating group) is 1. The molecule has 4 aliphatic heterocycles. The summed E-state index contributed by atoms with van der Waals surface area (Å²) < 4.78 is 11.6. The SMILES string of the molecule is CCOC(=O)N1CC=C(C2=CC=C[N+]3(C)CC(C)=C(Nc4ccc(C(=O)NCCN5CC(C)OC(C)C5)cc4)N=C23)CC1. The second-order valence-corrected chi connectivity index (χ2v) is 12.0. The Hall–Kier alpha value is -3.73. The van der Waals surface area contributed by atoms with Crippen molar-refractivity contribution in [2.75, 3.05) is 64.8 Å². The number of allylic oxidation sites excluding steroid dienone is 2. The topological polar surface area (TPSA) is 95.5 Å². The van der Waals surface area contributed by atoms with Gasteiger partial charge in [0, 0.05) is 56.1 Å². The fourth-order valence-electron chi connectivity index (χ4n) is 6.24. The minimum atomic E-state index is -0.267. The molecule has 5 rings (SSSR count). The monoisotopic (exact) mass is 589 g/mol. The molecule has 0 bridgehead atoms. The van der Waals surface area contributed by atoms with E-state index in [0.29, 0.717) is 36.3 Å². The van der Waals surface area contributed by atoms with Crippen molar-refractivity contribution in [3.05, 3.63) is 76.8 Å². The van der Waals surface area contributed by atoms with Crippen molar-refractivity contribution in [1.82, 2.24) is 15.1 Å². The van der Waals surface area contributed by atoms with Gasteiger partial charge in [-0.15, -0.1) is 0 Å². The normalized spacial score (nSPS) is 25.8. The molecule has 3 unspecified atom stereocenters. The number of amidine groups is 1. The summed E-state index contributed by atoms with van der Waals surface area (Å²) in [5.41, 5.74) is 4.95. The maximum atomic E-state index is 12.8. The third kappa shape index (κ3) is 7.26. The van der Waals surface area contributed by atoms with Crippen LogP contribution in [0.25, 0.3) is 0 Å². The number of ether oxygens (including phenoxy) is 2. The van der Waals surface area contributed by atoms with Gasteiger partial charge in [-0.3, -0.25) is 9.69 Å². The number of nitrogens with zero attached hydrogens (tertiary/aromatic N) is 4. The Balaban J connectivity index is 1.22. The highest BCUT2D eigenvalue weighted by molar-refractivity contribution is 6.00. The second kappa shape index (κ2) is 13.3. The van der Waals surface area contributed by atoms with Gasteiger partial charge in [0.2, 0.25) is 5.84 Å². The van der Waals surface area contributed by atoms with Crippen molar-refractivity contribution in [3.63, 3.8) is 0 Å². The molecule has 3 atom stereocenters. The van der Waals surface area contributed by atoms with Crippen LogP contribution in [0.3, 0.4) is 0 Å². The van der Waals surface area contributed by atoms with Crippen molar-refractivity contribution >= 4 is 23.5 Å². The lowest BCUT2D eigenvalue weighted by molar-refractivity contribution is -0.761. The van der Waals surface area contributed by atoms with Crippen molar-refractivity contribution in [3.8, 4) is 0 Å². The fraction of sp³-hybridized carbons (Fsp3) is 0.485. The number of hydrogen-bond acceptors (Lipinski definition) is 7. The molecule has 0 radical (unpaired) electrons. The number of anilines is 1. The molecule has 1 aromatic rings. The molecule has 0 spiro atoms. The standard InChI is InChI=1S/C33H44N6O4/c1-6-42-33(41)38-16-13-26(14-17-38)29-8-7-19-39(5)22-23(2)30(36-31(29)39)35-28-11-9-27(10-12-28)32(40)34-15-18-37-20-24(3)43-25(4)21-37/h7-13,19,24-25H,6,14-18,20-22H2,1-5H3,(H-,34,35,40)/p+1.